The average Bonchev–Trinajstić information content (AvgIpc) is 3.39. The van der Waals surface area contributed by atoms with Crippen LogP contribution < -0.4 is 0 Å². The standard InChI is InChI=1S/C30H50O4SSi/c1-8-30(20-11-21-30)27(34-36(6,7)29(2,3)4)15-10-14-24-22(16-18-25(24)31)12-9-13-23-17-19-26(35-23)28(32)33-5/h10,14,17,19,22,24-25,27,31H,8-9,11-13,15-16,18,20-21H2,1-7H3/t22-,24+,25+,27?/m0/s1. The Morgan fingerprint density at radius 1 is 1.28 bits per heavy atom. The third kappa shape index (κ3) is 6.92. The number of carbonyl (C=O) groups excluding carboxylic acids is 1. The molecule has 4 atom stereocenters. The van der Waals surface area contributed by atoms with E-state index in [0.717, 1.165) is 38.5 Å². The number of esters is 1. The normalized spacial score (nSPS) is 25.2. The molecule has 0 radical (unpaired) electrons. The first-order valence-electron chi connectivity index (χ1n) is 14.1. The van der Waals surface area contributed by atoms with Crippen molar-refractivity contribution in [2.24, 2.45) is 17.3 Å². The van der Waals surface area contributed by atoms with Gasteiger partial charge in [0.25, 0.3) is 0 Å². The van der Waals surface area contributed by atoms with Gasteiger partial charge in [-0.3, -0.25) is 0 Å². The SMILES string of the molecule is CCC1(C(CC=C[C@@H]2[C@@H](CCCc3ccc(C(=O)OC)s3)CC[C@H]2O)O[Si](C)(C)C(C)(C)C)CCC1. The fraction of sp³-hybridized carbons (Fsp3) is 0.767. The summed E-state index contributed by atoms with van der Waals surface area (Å²) in [5.74, 6) is 0.518. The number of hydrogen-bond acceptors (Lipinski definition) is 5. The maximum absolute atomic E-state index is 11.7. The highest BCUT2D eigenvalue weighted by Gasteiger charge is 2.47. The van der Waals surface area contributed by atoms with Gasteiger partial charge in [0.1, 0.15) is 4.88 Å². The summed E-state index contributed by atoms with van der Waals surface area (Å²) in [6.07, 6.45) is 15.9. The summed E-state index contributed by atoms with van der Waals surface area (Å²) < 4.78 is 11.9. The Bertz CT molecular complexity index is 874. The van der Waals surface area contributed by atoms with Crippen molar-refractivity contribution in [3.63, 3.8) is 0 Å². The largest absolute Gasteiger partial charge is 0.465 e. The van der Waals surface area contributed by atoms with Gasteiger partial charge >= 0.3 is 5.97 Å². The molecule has 36 heavy (non-hydrogen) atoms. The molecule has 2 aliphatic carbocycles. The molecule has 0 aromatic carbocycles. The first kappa shape index (κ1) is 29.6. The van der Waals surface area contributed by atoms with Crippen molar-refractivity contribution >= 4 is 25.6 Å². The number of carbonyl (C=O) groups is 1. The second-order valence-corrected chi connectivity index (χ2v) is 18.7. The van der Waals surface area contributed by atoms with Crippen molar-refractivity contribution < 1.29 is 19.1 Å². The minimum Gasteiger partial charge on any atom is -0.465 e. The number of aliphatic hydroxyl groups excluding tert-OH is 1. The van der Waals surface area contributed by atoms with Crippen LogP contribution in [0.3, 0.4) is 0 Å². The highest BCUT2D eigenvalue weighted by Crippen LogP contribution is 2.51. The van der Waals surface area contributed by atoms with Crippen molar-refractivity contribution in [2.75, 3.05) is 7.11 Å². The van der Waals surface area contributed by atoms with E-state index in [1.54, 1.807) is 0 Å². The molecule has 1 aromatic rings. The fourth-order valence-electron chi connectivity index (χ4n) is 5.82. The van der Waals surface area contributed by atoms with E-state index in [9.17, 15) is 9.90 Å². The second kappa shape index (κ2) is 12.3. The average molecular weight is 535 g/mol. The van der Waals surface area contributed by atoms with Gasteiger partial charge in [0.05, 0.1) is 19.3 Å². The minimum atomic E-state index is -1.85. The number of rotatable bonds is 12. The fourth-order valence-corrected chi connectivity index (χ4v) is 8.19. The molecule has 1 N–H and O–H groups in total. The van der Waals surface area contributed by atoms with Crippen LogP contribution in [0, 0.1) is 17.3 Å². The Morgan fingerprint density at radius 2 is 2.00 bits per heavy atom. The van der Waals surface area contributed by atoms with Gasteiger partial charge in [-0.1, -0.05) is 46.3 Å². The molecule has 0 saturated heterocycles. The quantitative estimate of drug-likeness (QED) is 0.167. The lowest BCUT2D eigenvalue weighted by Gasteiger charge is -2.51. The molecule has 3 rings (SSSR count). The zero-order chi connectivity index (χ0) is 26.6. The van der Waals surface area contributed by atoms with Crippen molar-refractivity contribution in [1.82, 2.24) is 0 Å². The first-order valence-corrected chi connectivity index (χ1v) is 17.8. The minimum absolute atomic E-state index is 0.209. The molecular weight excluding hydrogens is 484 g/mol. The molecule has 0 spiro atoms. The van der Waals surface area contributed by atoms with E-state index in [1.807, 2.05) is 12.1 Å². The Labute approximate surface area is 225 Å². The lowest BCUT2D eigenvalue weighted by molar-refractivity contribution is -0.0273. The third-order valence-corrected chi connectivity index (χ3v) is 15.2. The van der Waals surface area contributed by atoms with Crippen LogP contribution >= 0.6 is 11.3 Å². The van der Waals surface area contributed by atoms with Gasteiger partial charge in [-0.15, -0.1) is 11.3 Å². The lowest BCUT2D eigenvalue weighted by atomic mass is 9.63. The summed E-state index contributed by atoms with van der Waals surface area (Å²) in [5.41, 5.74) is 0.331. The zero-order valence-corrected chi connectivity index (χ0v) is 25.6. The smallest absolute Gasteiger partial charge is 0.348 e. The molecule has 6 heteroatoms. The van der Waals surface area contributed by atoms with Crippen LogP contribution in [0.4, 0.5) is 0 Å². The van der Waals surface area contributed by atoms with Crippen LogP contribution in [0.2, 0.25) is 18.1 Å². The summed E-state index contributed by atoms with van der Waals surface area (Å²) in [4.78, 5) is 13.6. The monoisotopic (exact) mass is 534 g/mol. The summed E-state index contributed by atoms with van der Waals surface area (Å²) in [6.45, 7) is 14.1. The molecular formula is C30H50O4SSi. The summed E-state index contributed by atoms with van der Waals surface area (Å²) >= 11 is 1.54. The molecule has 2 saturated carbocycles. The second-order valence-electron chi connectivity index (χ2n) is 12.7. The van der Waals surface area contributed by atoms with Gasteiger partial charge in [-0.05, 0) is 99.4 Å². The van der Waals surface area contributed by atoms with Crippen LogP contribution in [-0.4, -0.2) is 38.7 Å². The van der Waals surface area contributed by atoms with Gasteiger partial charge in [0.15, 0.2) is 8.32 Å². The van der Waals surface area contributed by atoms with Crippen molar-refractivity contribution in [3.05, 3.63) is 34.0 Å². The molecule has 4 nitrogen and oxygen atoms in total. The predicted octanol–water partition coefficient (Wildman–Crippen LogP) is 8.16. The maximum Gasteiger partial charge on any atom is 0.348 e. The van der Waals surface area contributed by atoms with E-state index in [0.29, 0.717) is 16.2 Å². The molecule has 0 amide bonds. The predicted molar refractivity (Wildman–Crippen MR) is 153 cm³/mol. The van der Waals surface area contributed by atoms with Crippen LogP contribution in [-0.2, 0) is 15.6 Å². The summed E-state index contributed by atoms with van der Waals surface area (Å²) in [7, 11) is -0.427. The van der Waals surface area contributed by atoms with Crippen LogP contribution in [0.15, 0.2) is 24.3 Å². The number of ether oxygens (including phenoxy) is 1. The van der Waals surface area contributed by atoms with E-state index in [1.165, 1.54) is 49.0 Å². The lowest BCUT2D eigenvalue weighted by Crippen LogP contribution is -2.51. The van der Waals surface area contributed by atoms with E-state index in [-0.39, 0.29) is 29.1 Å². The molecule has 1 aromatic heterocycles. The third-order valence-electron chi connectivity index (χ3n) is 9.56. The van der Waals surface area contributed by atoms with Gasteiger partial charge in [-0.25, -0.2) is 4.79 Å². The van der Waals surface area contributed by atoms with Crippen molar-refractivity contribution in [2.45, 2.75) is 122 Å². The van der Waals surface area contributed by atoms with E-state index < -0.39 is 8.32 Å². The van der Waals surface area contributed by atoms with Gasteiger partial charge in [0.2, 0.25) is 0 Å². The van der Waals surface area contributed by atoms with E-state index in [2.05, 4.69) is 52.9 Å². The number of aryl methyl sites for hydroxylation is 1. The highest BCUT2D eigenvalue weighted by molar-refractivity contribution is 7.13. The van der Waals surface area contributed by atoms with Crippen molar-refractivity contribution in [3.8, 4) is 0 Å². The van der Waals surface area contributed by atoms with Gasteiger partial charge in [0, 0.05) is 10.8 Å². The Balaban J connectivity index is 1.59. The Hall–Kier alpha value is -0.953. The number of thiophene rings is 1. The molecule has 1 heterocycles. The Morgan fingerprint density at radius 3 is 2.58 bits per heavy atom. The van der Waals surface area contributed by atoms with E-state index >= 15 is 0 Å². The topological polar surface area (TPSA) is 55.8 Å². The summed E-state index contributed by atoms with van der Waals surface area (Å²) in [6, 6.07) is 3.91. The van der Waals surface area contributed by atoms with Gasteiger partial charge in [-0.2, -0.15) is 0 Å². The molecule has 1 unspecified atom stereocenters. The van der Waals surface area contributed by atoms with Crippen LogP contribution in [0.5, 0.6) is 0 Å². The number of hydrogen-bond donors (Lipinski definition) is 1. The van der Waals surface area contributed by atoms with Crippen LogP contribution in [0.1, 0.15) is 100 Å². The van der Waals surface area contributed by atoms with Crippen molar-refractivity contribution in [1.29, 1.82) is 0 Å². The zero-order valence-electron chi connectivity index (χ0n) is 23.8. The molecule has 0 aliphatic heterocycles. The summed E-state index contributed by atoms with van der Waals surface area (Å²) in [5, 5.41) is 11.0. The molecule has 204 valence electrons. The number of aliphatic hydroxyl groups is 1. The molecule has 0 bridgehead atoms. The maximum atomic E-state index is 11.7. The number of methoxy groups -OCH3 is 1. The Kier molecular flexibility index (Phi) is 10.1. The van der Waals surface area contributed by atoms with E-state index in [4.69, 9.17) is 9.16 Å². The molecule has 2 fully saturated rings. The van der Waals surface area contributed by atoms with Gasteiger partial charge < -0.3 is 14.3 Å². The first-order chi connectivity index (χ1) is 16.9. The highest BCUT2D eigenvalue weighted by atomic mass is 32.1. The molecule has 2 aliphatic rings. The van der Waals surface area contributed by atoms with Crippen LogP contribution in [0.25, 0.3) is 0 Å².